The third kappa shape index (κ3) is 4.72. The molecule has 0 fully saturated rings. The molecule has 0 aliphatic rings. The predicted molar refractivity (Wildman–Crippen MR) is 87.7 cm³/mol. The van der Waals surface area contributed by atoms with Gasteiger partial charge in [0.25, 0.3) is 0 Å². The second kappa shape index (κ2) is 8.16. The molecule has 0 saturated carbocycles. The summed E-state index contributed by atoms with van der Waals surface area (Å²) in [4.78, 5) is 11.8. The van der Waals surface area contributed by atoms with E-state index in [9.17, 15) is 18.0 Å². The van der Waals surface area contributed by atoms with E-state index >= 15 is 0 Å². The summed E-state index contributed by atoms with van der Waals surface area (Å²) >= 11 is 0. The molecule has 0 atom stereocenters. The van der Waals surface area contributed by atoms with Crippen LogP contribution in [0, 0.1) is 6.92 Å². The van der Waals surface area contributed by atoms with Gasteiger partial charge >= 0.3 is 6.18 Å². The molecule has 0 unspecified atom stereocenters. The quantitative estimate of drug-likeness (QED) is 0.859. The summed E-state index contributed by atoms with van der Waals surface area (Å²) in [6.07, 6.45) is -4.30. The number of carbonyl (C=O) groups is 1. The van der Waals surface area contributed by atoms with Crippen molar-refractivity contribution in [3.8, 4) is 5.69 Å². The second-order valence-corrected chi connectivity index (χ2v) is 5.00. The number of anilines is 1. The van der Waals surface area contributed by atoms with E-state index < -0.39 is 11.7 Å². The van der Waals surface area contributed by atoms with Crippen LogP contribution < -0.4 is 10.6 Å². The zero-order valence-electron chi connectivity index (χ0n) is 13.1. The van der Waals surface area contributed by atoms with Crippen LogP contribution in [0.15, 0.2) is 30.3 Å². The molecule has 2 rings (SSSR count). The first-order valence-electron chi connectivity index (χ1n) is 7.00. The standard InChI is InChI=1S/C15H17F3N4O.ClH/c1-10-9-13(20-14(23)7-8-19-2)22(21-10)12-6-4-3-5-11(12)15(16,17)18;/h3-6,9,19H,7-8H2,1-2H3,(H,20,23);1H. The molecule has 0 aliphatic heterocycles. The van der Waals surface area contributed by atoms with Crippen molar-refractivity contribution in [2.75, 3.05) is 18.9 Å². The Bertz CT molecular complexity index is 700. The van der Waals surface area contributed by atoms with Gasteiger partial charge in [-0.3, -0.25) is 4.79 Å². The van der Waals surface area contributed by atoms with Gasteiger partial charge in [-0.05, 0) is 26.1 Å². The number of amides is 1. The summed E-state index contributed by atoms with van der Waals surface area (Å²) in [7, 11) is 1.71. The largest absolute Gasteiger partial charge is 0.418 e. The van der Waals surface area contributed by atoms with Crippen LogP contribution in [-0.4, -0.2) is 29.3 Å². The van der Waals surface area contributed by atoms with Gasteiger partial charge in [-0.1, -0.05) is 12.1 Å². The lowest BCUT2D eigenvalue weighted by atomic mass is 10.1. The number of nitrogens with zero attached hydrogens (tertiary/aromatic N) is 2. The number of halogens is 4. The van der Waals surface area contributed by atoms with Crippen molar-refractivity contribution in [2.24, 2.45) is 0 Å². The summed E-state index contributed by atoms with van der Waals surface area (Å²) in [5.74, 6) is -0.0923. The van der Waals surface area contributed by atoms with Gasteiger partial charge in [-0.15, -0.1) is 12.4 Å². The SMILES string of the molecule is CNCCC(=O)Nc1cc(C)nn1-c1ccccc1C(F)(F)F.Cl. The summed E-state index contributed by atoms with van der Waals surface area (Å²) in [5, 5.41) is 9.51. The van der Waals surface area contributed by atoms with Crippen molar-refractivity contribution in [1.82, 2.24) is 15.1 Å². The summed E-state index contributed by atoms with van der Waals surface area (Å²) < 4.78 is 40.6. The zero-order chi connectivity index (χ0) is 17.0. The lowest BCUT2D eigenvalue weighted by Crippen LogP contribution is -2.21. The molecule has 0 spiro atoms. The van der Waals surface area contributed by atoms with Crippen LogP contribution in [0.25, 0.3) is 5.69 Å². The van der Waals surface area contributed by atoms with Gasteiger partial charge in [-0.2, -0.15) is 18.3 Å². The highest BCUT2D eigenvalue weighted by Crippen LogP contribution is 2.34. The fourth-order valence-electron chi connectivity index (χ4n) is 2.11. The molecule has 1 heterocycles. The molecule has 132 valence electrons. The van der Waals surface area contributed by atoms with E-state index in [1.165, 1.54) is 24.3 Å². The number of aryl methyl sites for hydroxylation is 1. The molecule has 2 N–H and O–H groups in total. The van der Waals surface area contributed by atoms with Crippen LogP contribution in [0.4, 0.5) is 19.0 Å². The minimum atomic E-state index is -4.51. The van der Waals surface area contributed by atoms with Gasteiger partial charge in [0.2, 0.25) is 5.91 Å². The maximum absolute atomic E-state index is 13.2. The fraction of sp³-hybridized carbons (Fsp3) is 0.333. The Kier molecular flexibility index (Phi) is 6.80. The highest BCUT2D eigenvalue weighted by atomic mass is 35.5. The van der Waals surface area contributed by atoms with E-state index in [2.05, 4.69) is 15.7 Å². The Labute approximate surface area is 143 Å². The number of nitrogens with one attached hydrogen (secondary N) is 2. The number of carbonyl (C=O) groups excluding carboxylic acids is 1. The molecule has 1 aromatic heterocycles. The normalized spacial score (nSPS) is 11.0. The Morgan fingerprint density at radius 2 is 1.96 bits per heavy atom. The Morgan fingerprint density at radius 1 is 1.29 bits per heavy atom. The van der Waals surface area contributed by atoms with Crippen LogP contribution in [0.5, 0.6) is 0 Å². The molecule has 2 aromatic rings. The number of hydrogen-bond donors (Lipinski definition) is 2. The maximum Gasteiger partial charge on any atom is 0.418 e. The summed E-state index contributed by atoms with van der Waals surface area (Å²) in [6, 6.07) is 6.64. The van der Waals surface area contributed by atoms with Crippen molar-refractivity contribution < 1.29 is 18.0 Å². The lowest BCUT2D eigenvalue weighted by Gasteiger charge is -2.15. The van der Waals surface area contributed by atoms with E-state index in [0.29, 0.717) is 12.2 Å². The number of aromatic nitrogens is 2. The first kappa shape index (κ1) is 20.0. The number of rotatable bonds is 5. The molecule has 24 heavy (non-hydrogen) atoms. The molecule has 0 aliphatic carbocycles. The van der Waals surface area contributed by atoms with Gasteiger partial charge in [-0.25, -0.2) is 4.68 Å². The van der Waals surface area contributed by atoms with Crippen LogP contribution >= 0.6 is 12.4 Å². The molecular weight excluding hydrogens is 345 g/mol. The number of alkyl halides is 3. The summed E-state index contributed by atoms with van der Waals surface area (Å²) in [6.45, 7) is 2.12. The monoisotopic (exact) mass is 362 g/mol. The van der Waals surface area contributed by atoms with Gasteiger partial charge in [0.05, 0.1) is 16.9 Å². The zero-order valence-corrected chi connectivity index (χ0v) is 14.0. The van der Waals surface area contributed by atoms with Crippen molar-refractivity contribution in [3.63, 3.8) is 0 Å². The van der Waals surface area contributed by atoms with Crippen LogP contribution in [0.2, 0.25) is 0 Å². The molecule has 1 amide bonds. The Hall–Kier alpha value is -2.06. The number of hydrogen-bond acceptors (Lipinski definition) is 3. The average Bonchev–Trinajstić information content (AvgIpc) is 2.84. The van der Waals surface area contributed by atoms with Crippen LogP contribution in [-0.2, 0) is 11.0 Å². The molecule has 0 radical (unpaired) electrons. The van der Waals surface area contributed by atoms with Crippen molar-refractivity contribution in [3.05, 3.63) is 41.6 Å². The molecule has 5 nitrogen and oxygen atoms in total. The Balaban J connectivity index is 0.00000288. The highest BCUT2D eigenvalue weighted by Gasteiger charge is 2.34. The smallest absolute Gasteiger partial charge is 0.319 e. The van der Waals surface area contributed by atoms with E-state index in [1.807, 2.05) is 0 Å². The number of para-hydroxylation sites is 1. The van der Waals surface area contributed by atoms with Gasteiger partial charge in [0.1, 0.15) is 5.82 Å². The van der Waals surface area contributed by atoms with Crippen molar-refractivity contribution in [2.45, 2.75) is 19.5 Å². The molecule has 0 bridgehead atoms. The van der Waals surface area contributed by atoms with E-state index in [4.69, 9.17) is 0 Å². The third-order valence-electron chi connectivity index (χ3n) is 3.14. The fourth-order valence-corrected chi connectivity index (χ4v) is 2.11. The number of benzene rings is 1. The highest BCUT2D eigenvalue weighted by molar-refractivity contribution is 5.90. The van der Waals surface area contributed by atoms with Gasteiger partial charge in [0.15, 0.2) is 0 Å². The minimum Gasteiger partial charge on any atom is -0.319 e. The average molecular weight is 363 g/mol. The van der Waals surface area contributed by atoms with E-state index in [1.54, 1.807) is 14.0 Å². The van der Waals surface area contributed by atoms with Crippen molar-refractivity contribution in [1.29, 1.82) is 0 Å². The van der Waals surface area contributed by atoms with Crippen LogP contribution in [0.3, 0.4) is 0 Å². The van der Waals surface area contributed by atoms with Gasteiger partial charge in [0, 0.05) is 19.0 Å². The van der Waals surface area contributed by atoms with Crippen LogP contribution in [0.1, 0.15) is 17.7 Å². The Morgan fingerprint density at radius 3 is 2.58 bits per heavy atom. The third-order valence-corrected chi connectivity index (χ3v) is 3.14. The second-order valence-electron chi connectivity index (χ2n) is 5.00. The molecular formula is C15H18ClF3N4O. The van der Waals surface area contributed by atoms with E-state index in [0.717, 1.165) is 10.7 Å². The molecule has 9 heteroatoms. The van der Waals surface area contributed by atoms with E-state index in [-0.39, 0.29) is 36.2 Å². The first-order valence-corrected chi connectivity index (χ1v) is 7.00. The molecule has 1 aromatic carbocycles. The topological polar surface area (TPSA) is 59.0 Å². The van der Waals surface area contributed by atoms with Gasteiger partial charge < -0.3 is 10.6 Å². The first-order chi connectivity index (χ1) is 10.8. The van der Waals surface area contributed by atoms with Crippen molar-refractivity contribution >= 4 is 24.1 Å². The predicted octanol–water partition coefficient (Wildman–Crippen LogP) is 3.17. The molecule has 0 saturated heterocycles. The minimum absolute atomic E-state index is 0. The lowest BCUT2D eigenvalue weighted by molar-refractivity contribution is -0.137. The summed E-state index contributed by atoms with van der Waals surface area (Å²) in [5.41, 5.74) is -0.434. The maximum atomic E-state index is 13.2.